The van der Waals surface area contributed by atoms with Gasteiger partial charge in [0.05, 0.1) is 4.47 Å². The number of aldehydes is 1. The molecule has 0 amide bonds. The molecule has 5 heteroatoms. The Bertz CT molecular complexity index is 616. The molecule has 0 atom stereocenters. The fourth-order valence-electron chi connectivity index (χ4n) is 1.50. The van der Waals surface area contributed by atoms with Gasteiger partial charge in [0.1, 0.15) is 24.5 Å². The van der Waals surface area contributed by atoms with Crippen molar-refractivity contribution in [3.8, 4) is 5.75 Å². The lowest BCUT2D eigenvalue weighted by atomic mass is 10.2. The maximum atomic E-state index is 13.5. The highest BCUT2D eigenvalue weighted by molar-refractivity contribution is 9.10. The van der Waals surface area contributed by atoms with Gasteiger partial charge in [-0.1, -0.05) is 17.7 Å². The first-order valence-electron chi connectivity index (χ1n) is 5.41. The maximum absolute atomic E-state index is 13.5. The van der Waals surface area contributed by atoms with E-state index < -0.39 is 5.82 Å². The topological polar surface area (TPSA) is 26.3 Å². The fraction of sp³-hybridized carbons (Fsp3) is 0.0714. The van der Waals surface area contributed by atoms with Crippen molar-refractivity contribution in [2.75, 3.05) is 0 Å². The van der Waals surface area contributed by atoms with Gasteiger partial charge in [0, 0.05) is 16.1 Å². The summed E-state index contributed by atoms with van der Waals surface area (Å²) in [6.45, 7) is 0.0854. The Balaban J connectivity index is 2.12. The Morgan fingerprint density at radius 3 is 2.68 bits per heavy atom. The van der Waals surface area contributed by atoms with Gasteiger partial charge in [-0.25, -0.2) is 4.39 Å². The van der Waals surface area contributed by atoms with Crippen LogP contribution in [0.2, 0.25) is 5.02 Å². The van der Waals surface area contributed by atoms with Gasteiger partial charge in [0.15, 0.2) is 0 Å². The summed E-state index contributed by atoms with van der Waals surface area (Å²) >= 11 is 8.96. The summed E-state index contributed by atoms with van der Waals surface area (Å²) < 4.78 is 19.7. The highest BCUT2D eigenvalue weighted by Crippen LogP contribution is 2.27. The molecule has 2 aromatic carbocycles. The number of carbonyl (C=O) groups is 1. The molecule has 0 unspecified atom stereocenters. The molecule has 0 N–H and O–H groups in total. The van der Waals surface area contributed by atoms with Crippen molar-refractivity contribution >= 4 is 33.8 Å². The van der Waals surface area contributed by atoms with E-state index in [9.17, 15) is 9.18 Å². The molecule has 19 heavy (non-hydrogen) atoms. The van der Waals surface area contributed by atoms with Crippen molar-refractivity contribution in [1.29, 1.82) is 0 Å². The number of carbonyl (C=O) groups excluding carboxylic acids is 1. The predicted octanol–water partition coefficient (Wildman–Crippen LogP) is 4.63. The summed E-state index contributed by atoms with van der Waals surface area (Å²) in [6, 6.07) is 9.34. The van der Waals surface area contributed by atoms with E-state index in [4.69, 9.17) is 16.3 Å². The fourth-order valence-corrected chi connectivity index (χ4v) is 2.17. The Morgan fingerprint density at radius 1 is 1.26 bits per heavy atom. The van der Waals surface area contributed by atoms with Crippen LogP contribution in [0.15, 0.2) is 40.9 Å². The summed E-state index contributed by atoms with van der Waals surface area (Å²) in [7, 11) is 0. The summed E-state index contributed by atoms with van der Waals surface area (Å²) in [5.74, 6) is 0.132. The lowest BCUT2D eigenvalue weighted by Crippen LogP contribution is -1.99. The van der Waals surface area contributed by atoms with Crippen LogP contribution >= 0.6 is 27.5 Å². The van der Waals surface area contributed by atoms with Crippen LogP contribution in [0.1, 0.15) is 15.9 Å². The minimum Gasteiger partial charge on any atom is -0.488 e. The quantitative estimate of drug-likeness (QED) is 0.756. The van der Waals surface area contributed by atoms with Crippen molar-refractivity contribution in [2.24, 2.45) is 0 Å². The van der Waals surface area contributed by atoms with Crippen LogP contribution in [0.3, 0.4) is 0 Å². The molecule has 0 heterocycles. The van der Waals surface area contributed by atoms with Crippen molar-refractivity contribution in [1.82, 2.24) is 0 Å². The van der Waals surface area contributed by atoms with Crippen molar-refractivity contribution in [2.45, 2.75) is 6.61 Å². The molecule has 98 valence electrons. The molecule has 2 aromatic rings. The van der Waals surface area contributed by atoms with E-state index in [2.05, 4.69) is 15.9 Å². The zero-order valence-corrected chi connectivity index (χ0v) is 12.0. The third-order valence-corrected chi connectivity index (χ3v) is 3.35. The Labute approximate surface area is 123 Å². The zero-order chi connectivity index (χ0) is 13.8. The largest absolute Gasteiger partial charge is 0.488 e. The van der Waals surface area contributed by atoms with E-state index >= 15 is 0 Å². The zero-order valence-electron chi connectivity index (χ0n) is 9.70. The van der Waals surface area contributed by atoms with Gasteiger partial charge in [-0.05, 0) is 46.3 Å². The molecule has 0 saturated carbocycles. The first-order chi connectivity index (χ1) is 9.10. The molecule has 2 nitrogen and oxygen atoms in total. The highest BCUT2D eigenvalue weighted by atomic mass is 79.9. The van der Waals surface area contributed by atoms with E-state index in [1.807, 2.05) is 0 Å². The molecule has 0 aliphatic rings. The third kappa shape index (κ3) is 3.55. The summed E-state index contributed by atoms with van der Waals surface area (Å²) in [5.41, 5.74) is 0.952. The van der Waals surface area contributed by atoms with Crippen molar-refractivity contribution < 1.29 is 13.9 Å². The van der Waals surface area contributed by atoms with Crippen LogP contribution in [0.4, 0.5) is 4.39 Å². The lowest BCUT2D eigenvalue weighted by Gasteiger charge is -2.09. The van der Waals surface area contributed by atoms with Crippen LogP contribution in [0, 0.1) is 5.82 Å². The summed E-state index contributed by atoms with van der Waals surface area (Å²) in [4.78, 5) is 10.6. The molecule has 0 aliphatic carbocycles. The van der Waals surface area contributed by atoms with Gasteiger partial charge in [0.2, 0.25) is 0 Å². The minimum absolute atomic E-state index is 0.0854. The normalized spacial score (nSPS) is 10.3. The standard InChI is InChI=1S/C14H9BrClFO2/c15-12-5-9(7-18)1-4-14(12)19-8-10-2-3-11(16)6-13(10)17/h1-7H,8H2. The minimum atomic E-state index is -0.409. The van der Waals surface area contributed by atoms with Crippen LogP contribution < -0.4 is 4.74 Å². The SMILES string of the molecule is O=Cc1ccc(OCc2ccc(Cl)cc2F)c(Br)c1. The molecular weight excluding hydrogens is 335 g/mol. The number of halogens is 3. The van der Waals surface area contributed by atoms with Gasteiger partial charge in [-0.15, -0.1) is 0 Å². The Morgan fingerprint density at radius 2 is 2.05 bits per heavy atom. The van der Waals surface area contributed by atoms with Crippen LogP contribution in [0.25, 0.3) is 0 Å². The molecular formula is C14H9BrClFO2. The Hall–Kier alpha value is -1.39. The number of benzene rings is 2. The molecule has 0 spiro atoms. The molecule has 0 fully saturated rings. The van der Waals surface area contributed by atoms with Crippen LogP contribution in [0.5, 0.6) is 5.75 Å². The van der Waals surface area contributed by atoms with E-state index in [0.29, 0.717) is 26.4 Å². The van der Waals surface area contributed by atoms with E-state index in [0.717, 1.165) is 6.29 Å². The van der Waals surface area contributed by atoms with Crippen molar-refractivity contribution in [3.05, 3.63) is 62.8 Å². The van der Waals surface area contributed by atoms with Crippen LogP contribution in [-0.2, 0) is 6.61 Å². The first-order valence-corrected chi connectivity index (χ1v) is 6.58. The summed E-state index contributed by atoms with van der Waals surface area (Å²) in [6.07, 6.45) is 0.743. The van der Waals surface area contributed by atoms with E-state index in [1.165, 1.54) is 6.07 Å². The van der Waals surface area contributed by atoms with Gasteiger partial charge >= 0.3 is 0 Å². The molecule has 2 rings (SSSR count). The van der Waals surface area contributed by atoms with Gasteiger partial charge in [0.25, 0.3) is 0 Å². The number of hydrogen-bond donors (Lipinski definition) is 0. The average molecular weight is 344 g/mol. The number of ether oxygens (including phenoxy) is 1. The third-order valence-electron chi connectivity index (χ3n) is 2.49. The Kier molecular flexibility index (Phi) is 4.56. The smallest absolute Gasteiger partial charge is 0.150 e. The monoisotopic (exact) mass is 342 g/mol. The van der Waals surface area contributed by atoms with E-state index in [-0.39, 0.29) is 6.61 Å². The van der Waals surface area contributed by atoms with Crippen LogP contribution in [-0.4, -0.2) is 6.29 Å². The second kappa shape index (κ2) is 6.17. The number of rotatable bonds is 4. The second-order valence-electron chi connectivity index (χ2n) is 3.83. The van der Waals surface area contributed by atoms with E-state index in [1.54, 1.807) is 30.3 Å². The molecule has 0 radical (unpaired) electrons. The lowest BCUT2D eigenvalue weighted by molar-refractivity contribution is 0.112. The molecule has 0 aliphatic heterocycles. The van der Waals surface area contributed by atoms with Gasteiger partial charge in [-0.2, -0.15) is 0 Å². The molecule has 0 aromatic heterocycles. The average Bonchev–Trinajstić information content (AvgIpc) is 2.39. The maximum Gasteiger partial charge on any atom is 0.150 e. The van der Waals surface area contributed by atoms with Gasteiger partial charge < -0.3 is 4.74 Å². The first kappa shape index (κ1) is 14.0. The highest BCUT2D eigenvalue weighted by Gasteiger charge is 2.06. The predicted molar refractivity (Wildman–Crippen MR) is 75.3 cm³/mol. The van der Waals surface area contributed by atoms with Gasteiger partial charge in [-0.3, -0.25) is 4.79 Å². The summed E-state index contributed by atoms with van der Waals surface area (Å²) in [5, 5.41) is 0.345. The molecule has 0 bridgehead atoms. The second-order valence-corrected chi connectivity index (χ2v) is 5.12. The van der Waals surface area contributed by atoms with Crippen molar-refractivity contribution in [3.63, 3.8) is 0 Å². The number of hydrogen-bond acceptors (Lipinski definition) is 2. The molecule has 0 saturated heterocycles.